The van der Waals surface area contributed by atoms with Crippen molar-refractivity contribution in [1.82, 2.24) is 9.97 Å². The van der Waals surface area contributed by atoms with Crippen LogP contribution < -0.4 is 0 Å². The molecule has 0 spiro atoms. The predicted octanol–water partition coefficient (Wildman–Crippen LogP) is 3.58. The van der Waals surface area contributed by atoms with Gasteiger partial charge in [0, 0.05) is 17.1 Å². The van der Waals surface area contributed by atoms with Crippen LogP contribution in [0.15, 0.2) is 54.0 Å². The smallest absolute Gasteiger partial charge is 0.142 e. The lowest BCUT2D eigenvalue weighted by atomic mass is 10.2. The van der Waals surface area contributed by atoms with Gasteiger partial charge in [-0.2, -0.15) is 0 Å². The largest absolute Gasteiger partial charge is 0.508 e. The Balaban J connectivity index is 2.00. The van der Waals surface area contributed by atoms with Crippen LogP contribution in [0.1, 0.15) is 0 Å². The van der Waals surface area contributed by atoms with Gasteiger partial charge in [-0.3, -0.25) is 4.98 Å². The Morgan fingerprint density at radius 2 is 1.94 bits per heavy atom. The van der Waals surface area contributed by atoms with Crippen LogP contribution in [-0.4, -0.2) is 15.1 Å². The van der Waals surface area contributed by atoms with Gasteiger partial charge >= 0.3 is 0 Å². The lowest BCUT2D eigenvalue weighted by molar-refractivity contribution is 0.475. The lowest BCUT2D eigenvalue weighted by Gasteiger charge is -1.97. The normalized spacial score (nSPS) is 10.4. The molecule has 2 aromatic heterocycles. The molecule has 88 valence electrons. The predicted molar refractivity (Wildman–Crippen MR) is 72.4 cm³/mol. The van der Waals surface area contributed by atoms with Crippen LogP contribution in [0.4, 0.5) is 0 Å². The molecular weight excluding hydrogens is 244 g/mol. The van der Waals surface area contributed by atoms with Crippen molar-refractivity contribution in [1.29, 1.82) is 0 Å². The summed E-state index contributed by atoms with van der Waals surface area (Å²) in [5, 5.41) is 12.3. The first-order valence-corrected chi connectivity index (χ1v) is 6.37. The van der Waals surface area contributed by atoms with Gasteiger partial charge in [0.1, 0.15) is 10.8 Å². The molecule has 0 unspecified atom stereocenters. The van der Waals surface area contributed by atoms with Crippen molar-refractivity contribution in [3.63, 3.8) is 0 Å². The molecule has 0 atom stereocenters. The first-order valence-electron chi connectivity index (χ1n) is 5.49. The van der Waals surface area contributed by atoms with Gasteiger partial charge in [0.25, 0.3) is 0 Å². The highest BCUT2D eigenvalue weighted by Crippen LogP contribution is 2.28. The highest BCUT2D eigenvalue weighted by atomic mass is 32.1. The van der Waals surface area contributed by atoms with Crippen molar-refractivity contribution >= 4 is 11.3 Å². The summed E-state index contributed by atoms with van der Waals surface area (Å²) >= 11 is 1.55. The number of hydrogen-bond acceptors (Lipinski definition) is 4. The topological polar surface area (TPSA) is 46.0 Å². The van der Waals surface area contributed by atoms with Crippen molar-refractivity contribution < 1.29 is 5.11 Å². The van der Waals surface area contributed by atoms with Crippen LogP contribution >= 0.6 is 11.3 Å². The van der Waals surface area contributed by atoms with Crippen molar-refractivity contribution in [2.24, 2.45) is 0 Å². The molecule has 0 bridgehead atoms. The average molecular weight is 254 g/mol. The van der Waals surface area contributed by atoms with Crippen LogP contribution in [0.2, 0.25) is 0 Å². The van der Waals surface area contributed by atoms with Crippen molar-refractivity contribution in [2.45, 2.75) is 0 Å². The quantitative estimate of drug-likeness (QED) is 0.760. The Hall–Kier alpha value is -2.20. The maximum absolute atomic E-state index is 9.46. The van der Waals surface area contributed by atoms with Gasteiger partial charge in [-0.25, -0.2) is 4.98 Å². The summed E-state index contributed by atoms with van der Waals surface area (Å²) in [7, 11) is 0. The van der Waals surface area contributed by atoms with E-state index in [-0.39, 0.29) is 5.75 Å². The minimum atomic E-state index is 0.250. The van der Waals surface area contributed by atoms with Crippen molar-refractivity contribution in [3.05, 3.63) is 54.0 Å². The Kier molecular flexibility index (Phi) is 2.78. The van der Waals surface area contributed by atoms with Crippen molar-refractivity contribution in [3.8, 4) is 27.7 Å². The molecule has 3 aromatic rings. The number of benzene rings is 1. The summed E-state index contributed by atoms with van der Waals surface area (Å²) in [6.07, 6.45) is 1.75. The number of thiazole rings is 1. The molecule has 0 fully saturated rings. The second-order valence-electron chi connectivity index (χ2n) is 3.80. The number of hydrogen-bond donors (Lipinski definition) is 1. The molecule has 0 radical (unpaired) electrons. The van der Waals surface area contributed by atoms with E-state index in [1.807, 2.05) is 35.7 Å². The zero-order valence-electron chi connectivity index (χ0n) is 9.45. The van der Waals surface area contributed by atoms with E-state index in [9.17, 15) is 5.11 Å². The minimum Gasteiger partial charge on any atom is -0.508 e. The van der Waals surface area contributed by atoms with E-state index >= 15 is 0 Å². The van der Waals surface area contributed by atoms with Gasteiger partial charge in [0.2, 0.25) is 0 Å². The molecule has 0 aliphatic rings. The average Bonchev–Trinajstić information content (AvgIpc) is 2.89. The second kappa shape index (κ2) is 4.58. The fourth-order valence-corrected chi connectivity index (χ4v) is 2.48. The molecule has 0 aliphatic carbocycles. The molecule has 0 saturated heterocycles. The zero-order chi connectivity index (χ0) is 12.4. The van der Waals surface area contributed by atoms with E-state index in [4.69, 9.17) is 0 Å². The maximum atomic E-state index is 9.46. The Morgan fingerprint density at radius 3 is 2.72 bits per heavy atom. The van der Waals surface area contributed by atoms with Gasteiger partial charge in [-0.05, 0) is 24.3 Å². The number of aromatic nitrogens is 2. The minimum absolute atomic E-state index is 0.250. The number of phenolic OH excluding ortho intramolecular Hbond substituents is 1. The summed E-state index contributed by atoms with van der Waals surface area (Å²) in [5.74, 6) is 0.250. The number of pyridine rings is 1. The van der Waals surface area contributed by atoms with E-state index < -0.39 is 0 Å². The molecule has 4 heteroatoms. The number of aromatic hydroxyl groups is 1. The monoisotopic (exact) mass is 254 g/mol. The maximum Gasteiger partial charge on any atom is 0.142 e. The van der Waals surface area contributed by atoms with Crippen LogP contribution in [0.25, 0.3) is 22.0 Å². The van der Waals surface area contributed by atoms with Gasteiger partial charge < -0.3 is 5.11 Å². The van der Waals surface area contributed by atoms with E-state index in [0.29, 0.717) is 0 Å². The third kappa shape index (κ3) is 2.10. The van der Waals surface area contributed by atoms with E-state index in [0.717, 1.165) is 22.0 Å². The molecule has 0 saturated carbocycles. The first kappa shape index (κ1) is 10.9. The van der Waals surface area contributed by atoms with E-state index in [1.54, 1.807) is 29.7 Å². The molecule has 0 amide bonds. The van der Waals surface area contributed by atoms with Crippen LogP contribution in [0, 0.1) is 0 Å². The van der Waals surface area contributed by atoms with Gasteiger partial charge in [0.15, 0.2) is 0 Å². The molecule has 3 nitrogen and oxygen atoms in total. The summed E-state index contributed by atoms with van der Waals surface area (Å²) < 4.78 is 0. The zero-order valence-corrected chi connectivity index (χ0v) is 10.3. The SMILES string of the molecule is Oc1cccc(-c2csc(-c3ccccn3)n2)c1. The van der Waals surface area contributed by atoms with Gasteiger partial charge in [-0.1, -0.05) is 18.2 Å². The Labute approximate surface area is 108 Å². The number of nitrogens with zero attached hydrogens (tertiary/aromatic N) is 2. The number of phenols is 1. The van der Waals surface area contributed by atoms with Gasteiger partial charge in [-0.15, -0.1) is 11.3 Å². The molecule has 1 N–H and O–H groups in total. The lowest BCUT2D eigenvalue weighted by Crippen LogP contribution is -1.81. The van der Waals surface area contributed by atoms with E-state index in [1.165, 1.54) is 0 Å². The standard InChI is InChI=1S/C14H10N2OS/c17-11-5-3-4-10(8-11)13-9-18-14(16-13)12-6-1-2-7-15-12/h1-9,17H. The fourth-order valence-electron chi connectivity index (χ4n) is 1.68. The molecule has 2 heterocycles. The van der Waals surface area contributed by atoms with E-state index in [2.05, 4.69) is 9.97 Å². The number of rotatable bonds is 2. The first-order chi connectivity index (χ1) is 8.83. The van der Waals surface area contributed by atoms with Gasteiger partial charge in [0.05, 0.1) is 11.4 Å². The van der Waals surface area contributed by atoms with Crippen molar-refractivity contribution in [2.75, 3.05) is 0 Å². The summed E-state index contributed by atoms with van der Waals surface area (Å²) in [5.41, 5.74) is 2.64. The highest BCUT2D eigenvalue weighted by molar-refractivity contribution is 7.13. The molecule has 0 aliphatic heterocycles. The summed E-state index contributed by atoms with van der Waals surface area (Å²) in [6, 6.07) is 12.9. The van der Waals surface area contributed by atoms with Crippen LogP contribution in [0.3, 0.4) is 0 Å². The molecule has 1 aromatic carbocycles. The molecule has 3 rings (SSSR count). The molecule has 18 heavy (non-hydrogen) atoms. The van der Waals surface area contributed by atoms with Crippen LogP contribution in [0.5, 0.6) is 5.75 Å². The van der Waals surface area contributed by atoms with Crippen LogP contribution in [-0.2, 0) is 0 Å². The summed E-state index contributed by atoms with van der Waals surface area (Å²) in [4.78, 5) is 8.81. The fraction of sp³-hybridized carbons (Fsp3) is 0. The third-order valence-corrected chi connectivity index (χ3v) is 3.39. The second-order valence-corrected chi connectivity index (χ2v) is 4.66. The summed E-state index contributed by atoms with van der Waals surface area (Å²) in [6.45, 7) is 0. The Morgan fingerprint density at radius 1 is 1.00 bits per heavy atom. The molecular formula is C14H10N2OS. The third-order valence-electron chi connectivity index (χ3n) is 2.53. The Bertz CT molecular complexity index is 664. The highest BCUT2D eigenvalue weighted by Gasteiger charge is 2.07.